The molecule has 0 aliphatic carbocycles. The average molecular weight is 425 g/mol. The molecule has 0 aliphatic heterocycles. The summed E-state index contributed by atoms with van der Waals surface area (Å²) in [6.45, 7) is 0. The van der Waals surface area contributed by atoms with Gasteiger partial charge in [0.25, 0.3) is 5.69 Å². The minimum Gasteiger partial charge on any atom is -0.494 e. The van der Waals surface area contributed by atoms with Gasteiger partial charge in [-0.3, -0.25) is 10.1 Å². The van der Waals surface area contributed by atoms with Crippen molar-refractivity contribution in [3.63, 3.8) is 0 Å². The zero-order valence-corrected chi connectivity index (χ0v) is 16.4. The molecule has 0 amide bonds. The number of benzene rings is 3. The molecule has 32 heavy (non-hydrogen) atoms. The van der Waals surface area contributed by atoms with Crippen LogP contribution in [0.1, 0.15) is 11.1 Å². The molecule has 0 spiro atoms. The van der Waals surface area contributed by atoms with Crippen molar-refractivity contribution in [3.05, 3.63) is 94.0 Å². The Bertz CT molecular complexity index is 1440. The van der Waals surface area contributed by atoms with Crippen molar-refractivity contribution in [1.82, 2.24) is 25.6 Å². The summed E-state index contributed by atoms with van der Waals surface area (Å²) < 4.78 is 0. The van der Waals surface area contributed by atoms with Gasteiger partial charge >= 0.3 is 0 Å². The van der Waals surface area contributed by atoms with Crippen molar-refractivity contribution in [3.8, 4) is 17.3 Å². The molecule has 2 aromatic heterocycles. The summed E-state index contributed by atoms with van der Waals surface area (Å²) in [4.78, 5) is 18.5. The molecular formula is C22H15N7O3. The first-order chi connectivity index (χ1) is 15.6. The fourth-order valence-corrected chi connectivity index (χ4v) is 3.48. The first kappa shape index (κ1) is 19.1. The van der Waals surface area contributed by atoms with Crippen molar-refractivity contribution >= 4 is 28.0 Å². The molecule has 0 saturated carbocycles. The maximum Gasteiger partial charge on any atom is 0.270 e. The van der Waals surface area contributed by atoms with Gasteiger partial charge in [0, 0.05) is 34.2 Å². The van der Waals surface area contributed by atoms with Crippen LogP contribution in [0.5, 0.6) is 5.88 Å². The SMILES string of the molecule is O=[N+]([O-])c1ccc2[nH]c(O)c(C(=Nc3ccc(-c4nn[nH]n4)cc3)c3ccccc3)c2c1. The second kappa shape index (κ2) is 7.76. The molecule has 0 fully saturated rings. The number of aliphatic imine (C=N–C) groups is 1. The van der Waals surface area contributed by atoms with Crippen molar-refractivity contribution in [2.24, 2.45) is 4.99 Å². The highest BCUT2D eigenvalue weighted by atomic mass is 16.6. The monoisotopic (exact) mass is 425 g/mol. The van der Waals surface area contributed by atoms with E-state index in [-0.39, 0.29) is 11.6 Å². The Morgan fingerprint density at radius 3 is 2.50 bits per heavy atom. The number of nitro groups is 1. The van der Waals surface area contributed by atoms with E-state index in [1.807, 2.05) is 42.5 Å². The second-order valence-corrected chi connectivity index (χ2v) is 6.94. The molecule has 0 unspecified atom stereocenters. The zero-order chi connectivity index (χ0) is 22.1. The number of aromatic nitrogens is 5. The van der Waals surface area contributed by atoms with Gasteiger partial charge in [-0.2, -0.15) is 5.21 Å². The van der Waals surface area contributed by atoms with E-state index in [0.29, 0.717) is 33.7 Å². The third kappa shape index (κ3) is 3.45. The first-order valence-corrected chi connectivity index (χ1v) is 9.57. The molecule has 0 bridgehead atoms. The van der Waals surface area contributed by atoms with Crippen molar-refractivity contribution in [2.45, 2.75) is 0 Å². The summed E-state index contributed by atoms with van der Waals surface area (Å²) in [5.41, 5.74) is 3.49. The normalized spacial score (nSPS) is 11.7. The molecule has 0 radical (unpaired) electrons. The molecule has 0 atom stereocenters. The van der Waals surface area contributed by atoms with Gasteiger partial charge in [0.2, 0.25) is 5.82 Å². The molecule has 10 heteroatoms. The van der Waals surface area contributed by atoms with E-state index in [2.05, 4.69) is 25.6 Å². The van der Waals surface area contributed by atoms with E-state index in [1.54, 1.807) is 18.2 Å². The molecule has 5 aromatic rings. The third-order valence-electron chi connectivity index (χ3n) is 4.97. The van der Waals surface area contributed by atoms with Gasteiger partial charge in [0.15, 0.2) is 5.88 Å². The smallest absolute Gasteiger partial charge is 0.270 e. The van der Waals surface area contributed by atoms with Gasteiger partial charge in [0.05, 0.1) is 21.9 Å². The van der Waals surface area contributed by atoms with E-state index in [9.17, 15) is 15.2 Å². The second-order valence-electron chi connectivity index (χ2n) is 6.94. The number of nitrogens with one attached hydrogen (secondary N) is 2. The number of nitrogens with zero attached hydrogens (tertiary/aromatic N) is 5. The molecule has 0 saturated heterocycles. The van der Waals surface area contributed by atoms with Crippen LogP contribution >= 0.6 is 0 Å². The lowest BCUT2D eigenvalue weighted by Gasteiger charge is -2.08. The number of hydrogen-bond donors (Lipinski definition) is 3. The van der Waals surface area contributed by atoms with Crippen LogP contribution in [0.2, 0.25) is 0 Å². The van der Waals surface area contributed by atoms with Crippen LogP contribution in [0.3, 0.4) is 0 Å². The molecule has 156 valence electrons. The van der Waals surface area contributed by atoms with Gasteiger partial charge in [-0.1, -0.05) is 30.3 Å². The predicted molar refractivity (Wildman–Crippen MR) is 118 cm³/mol. The highest BCUT2D eigenvalue weighted by Crippen LogP contribution is 2.33. The number of aromatic hydroxyl groups is 1. The Kier molecular flexibility index (Phi) is 4.64. The largest absolute Gasteiger partial charge is 0.494 e. The lowest BCUT2D eigenvalue weighted by atomic mass is 10.0. The van der Waals surface area contributed by atoms with E-state index in [1.165, 1.54) is 12.1 Å². The number of H-pyrrole nitrogens is 2. The molecular weight excluding hydrogens is 410 g/mol. The maximum absolute atomic E-state index is 11.3. The fraction of sp³-hybridized carbons (Fsp3) is 0. The number of aromatic amines is 2. The van der Waals surface area contributed by atoms with Crippen LogP contribution in [0.15, 0.2) is 77.8 Å². The van der Waals surface area contributed by atoms with E-state index in [4.69, 9.17) is 4.99 Å². The van der Waals surface area contributed by atoms with Crippen LogP contribution in [-0.4, -0.2) is 41.3 Å². The van der Waals surface area contributed by atoms with Crippen LogP contribution < -0.4 is 0 Å². The topological polar surface area (TPSA) is 146 Å². The number of hydrogen-bond acceptors (Lipinski definition) is 7. The number of tetrazole rings is 1. The van der Waals surface area contributed by atoms with E-state index < -0.39 is 4.92 Å². The highest BCUT2D eigenvalue weighted by Gasteiger charge is 2.20. The summed E-state index contributed by atoms with van der Waals surface area (Å²) in [7, 11) is 0. The number of nitro benzene ring substituents is 1. The van der Waals surface area contributed by atoms with Gasteiger partial charge in [-0.25, -0.2) is 4.99 Å². The Balaban J connectivity index is 1.68. The third-order valence-corrected chi connectivity index (χ3v) is 4.97. The van der Waals surface area contributed by atoms with Crippen molar-refractivity contribution < 1.29 is 10.0 Å². The minimum absolute atomic E-state index is 0.0744. The van der Waals surface area contributed by atoms with Crippen LogP contribution in [0, 0.1) is 10.1 Å². The highest BCUT2D eigenvalue weighted by molar-refractivity contribution is 6.22. The van der Waals surface area contributed by atoms with Crippen molar-refractivity contribution in [1.29, 1.82) is 0 Å². The summed E-state index contributed by atoms with van der Waals surface area (Å²) in [5, 5.41) is 36.4. The predicted octanol–water partition coefficient (Wildman–Crippen LogP) is 4.13. The minimum atomic E-state index is -0.469. The van der Waals surface area contributed by atoms with Crippen LogP contribution in [0.25, 0.3) is 22.3 Å². The number of fused-ring (bicyclic) bond motifs is 1. The Morgan fingerprint density at radius 1 is 1.03 bits per heavy atom. The Morgan fingerprint density at radius 2 is 1.81 bits per heavy atom. The Hall–Kier alpha value is -4.86. The molecule has 3 N–H and O–H groups in total. The standard InChI is InChI=1S/C22H15N7O3/c30-22-19(17-12-16(29(31)32)10-11-18(17)24-22)20(13-4-2-1-3-5-13)23-15-8-6-14(7-9-15)21-25-27-28-26-21/h1-12,24,30H,(H,25,26,27,28). The van der Waals surface area contributed by atoms with E-state index in [0.717, 1.165) is 11.1 Å². The summed E-state index contributed by atoms with van der Waals surface area (Å²) in [6.07, 6.45) is 0. The van der Waals surface area contributed by atoms with Crippen LogP contribution in [-0.2, 0) is 0 Å². The van der Waals surface area contributed by atoms with Gasteiger partial charge in [0.1, 0.15) is 0 Å². The summed E-state index contributed by atoms with van der Waals surface area (Å²) in [6, 6.07) is 20.9. The molecule has 10 nitrogen and oxygen atoms in total. The van der Waals surface area contributed by atoms with Gasteiger partial charge < -0.3 is 10.1 Å². The fourth-order valence-electron chi connectivity index (χ4n) is 3.48. The lowest BCUT2D eigenvalue weighted by molar-refractivity contribution is -0.384. The summed E-state index contributed by atoms with van der Waals surface area (Å²) in [5.74, 6) is 0.344. The Labute approximate surface area is 180 Å². The molecule has 0 aliphatic rings. The average Bonchev–Trinajstić information content (AvgIpc) is 3.46. The first-order valence-electron chi connectivity index (χ1n) is 9.57. The number of rotatable bonds is 5. The summed E-state index contributed by atoms with van der Waals surface area (Å²) >= 11 is 0. The van der Waals surface area contributed by atoms with Gasteiger partial charge in [-0.05, 0) is 35.5 Å². The van der Waals surface area contributed by atoms with Crippen molar-refractivity contribution in [2.75, 3.05) is 0 Å². The molecule has 2 heterocycles. The lowest BCUT2D eigenvalue weighted by Crippen LogP contribution is -2.03. The quantitative estimate of drug-likeness (QED) is 0.219. The zero-order valence-electron chi connectivity index (χ0n) is 16.4. The maximum atomic E-state index is 11.3. The number of non-ortho nitro benzene ring substituents is 1. The molecule has 5 rings (SSSR count). The van der Waals surface area contributed by atoms with Gasteiger partial charge in [-0.15, -0.1) is 10.2 Å². The van der Waals surface area contributed by atoms with E-state index >= 15 is 0 Å². The molecule has 3 aromatic carbocycles. The van der Waals surface area contributed by atoms with Crippen LogP contribution in [0.4, 0.5) is 11.4 Å².